The summed E-state index contributed by atoms with van der Waals surface area (Å²) >= 11 is 0. The molecule has 14 nitrogen and oxygen atoms in total. The van der Waals surface area contributed by atoms with Gasteiger partial charge in [0.1, 0.15) is 17.8 Å². The molecule has 14 heteroatoms. The van der Waals surface area contributed by atoms with Gasteiger partial charge < -0.3 is 29.4 Å². The van der Waals surface area contributed by atoms with Gasteiger partial charge in [-0.15, -0.1) is 5.10 Å². The van der Waals surface area contributed by atoms with Gasteiger partial charge in [-0.3, -0.25) is 19.2 Å². The number of amides is 1. The predicted octanol–water partition coefficient (Wildman–Crippen LogP) is 1.18. The number of aliphatic carboxylic acids is 1. The quantitative estimate of drug-likeness (QED) is 0.280. The minimum Gasteiger partial charge on any atom is -0.481 e. The molecule has 0 spiro atoms. The Labute approximate surface area is 230 Å². The van der Waals surface area contributed by atoms with E-state index in [2.05, 4.69) is 21.7 Å². The number of aromatic nitrogens is 3. The van der Waals surface area contributed by atoms with Gasteiger partial charge in [0.2, 0.25) is 5.91 Å². The number of nitrogens with zero attached hydrogens (tertiary/aromatic N) is 4. The smallest absolute Gasteiger partial charge is 0.303 e. The van der Waals surface area contributed by atoms with Crippen molar-refractivity contribution < 1.29 is 43.2 Å². The molecule has 0 saturated carbocycles. The van der Waals surface area contributed by atoms with Crippen LogP contribution in [0.4, 0.5) is 0 Å². The number of rotatable bonds is 12. The molecule has 0 bridgehead atoms. The average Bonchev–Trinajstić information content (AvgIpc) is 3.35. The SMILES string of the molecule is CC(=O)N[C@H]1C(OC(C)=O)[C@@H](OC(C)=O)C(Cn2cc(-c3cccc(C#N)c3)nn2)O[C@H]1OCCCCC(=O)O. The van der Waals surface area contributed by atoms with Crippen molar-refractivity contribution in [3.63, 3.8) is 0 Å². The molecule has 5 atom stereocenters. The van der Waals surface area contributed by atoms with E-state index in [0.29, 0.717) is 29.7 Å². The molecule has 3 rings (SSSR count). The first-order chi connectivity index (χ1) is 19.1. The third-order valence-corrected chi connectivity index (χ3v) is 5.88. The second-order valence-electron chi connectivity index (χ2n) is 9.16. The van der Waals surface area contributed by atoms with Crippen molar-refractivity contribution in [3.8, 4) is 17.3 Å². The summed E-state index contributed by atoms with van der Waals surface area (Å²) in [4.78, 5) is 47.0. The Balaban J connectivity index is 1.89. The Morgan fingerprint density at radius 2 is 1.85 bits per heavy atom. The number of benzene rings is 1. The third-order valence-electron chi connectivity index (χ3n) is 5.88. The molecular weight excluding hydrogens is 526 g/mol. The van der Waals surface area contributed by atoms with Crippen LogP contribution in [0.3, 0.4) is 0 Å². The van der Waals surface area contributed by atoms with Crippen LogP contribution in [0, 0.1) is 11.3 Å². The fourth-order valence-electron chi connectivity index (χ4n) is 4.28. The molecule has 0 aliphatic carbocycles. The number of ether oxygens (including phenoxy) is 4. The summed E-state index contributed by atoms with van der Waals surface area (Å²) in [5, 5.41) is 29.0. The zero-order valence-corrected chi connectivity index (χ0v) is 22.3. The number of hydrogen-bond acceptors (Lipinski definition) is 11. The zero-order valence-electron chi connectivity index (χ0n) is 22.3. The molecule has 0 radical (unpaired) electrons. The number of carbonyl (C=O) groups is 4. The van der Waals surface area contributed by atoms with E-state index in [1.54, 1.807) is 30.5 Å². The maximum absolute atomic E-state index is 12.1. The molecule has 1 saturated heterocycles. The monoisotopic (exact) mass is 557 g/mol. The van der Waals surface area contributed by atoms with Gasteiger partial charge >= 0.3 is 17.9 Å². The van der Waals surface area contributed by atoms with Crippen molar-refractivity contribution in [2.75, 3.05) is 6.61 Å². The van der Waals surface area contributed by atoms with E-state index in [9.17, 15) is 24.4 Å². The highest BCUT2D eigenvalue weighted by Gasteiger charge is 2.51. The molecule has 2 aromatic rings. The first-order valence-electron chi connectivity index (χ1n) is 12.6. The summed E-state index contributed by atoms with van der Waals surface area (Å²) in [6.07, 6.45) is -2.09. The summed E-state index contributed by atoms with van der Waals surface area (Å²) in [5.74, 6) is -2.75. The Kier molecular flexibility index (Phi) is 10.7. The van der Waals surface area contributed by atoms with Crippen molar-refractivity contribution in [1.29, 1.82) is 5.26 Å². The van der Waals surface area contributed by atoms with Crippen LogP contribution in [0.5, 0.6) is 0 Å². The molecule has 2 unspecified atom stereocenters. The number of nitriles is 1. The zero-order chi connectivity index (χ0) is 29.2. The summed E-state index contributed by atoms with van der Waals surface area (Å²) in [6, 6.07) is 7.85. The Morgan fingerprint density at radius 3 is 2.50 bits per heavy atom. The van der Waals surface area contributed by atoms with Gasteiger partial charge in [0, 0.05) is 39.4 Å². The number of hydrogen-bond donors (Lipinski definition) is 2. The van der Waals surface area contributed by atoms with E-state index in [-0.39, 0.29) is 19.6 Å². The number of carboxylic acids is 1. The molecule has 1 aromatic carbocycles. The Bertz CT molecular complexity index is 1260. The standard InChI is InChI=1S/C26H31N5O9/c1-15(32)28-23-25(39-17(3)34)24(38-16(2)33)21(40-26(23)37-10-5-4-9-22(35)36)14-31-13-20(29-30-31)19-8-6-7-18(11-19)12-27/h6-8,11,13,21,23-26H,4-5,9-10,14H2,1-3H3,(H,28,32)(H,35,36)/t21?,23-,24-,25?,26+/m0/s1. The summed E-state index contributed by atoms with van der Waals surface area (Å²) in [5.41, 5.74) is 1.60. The summed E-state index contributed by atoms with van der Waals surface area (Å²) in [7, 11) is 0. The van der Waals surface area contributed by atoms with Crippen LogP contribution in [0.2, 0.25) is 0 Å². The average molecular weight is 558 g/mol. The molecule has 1 amide bonds. The second kappa shape index (κ2) is 14.2. The Hall–Kier alpha value is -4.35. The molecule has 2 N–H and O–H groups in total. The van der Waals surface area contributed by atoms with Gasteiger partial charge in [0.05, 0.1) is 24.4 Å². The lowest BCUT2D eigenvalue weighted by molar-refractivity contribution is -0.274. The van der Waals surface area contributed by atoms with Gasteiger partial charge in [-0.2, -0.15) is 5.26 Å². The number of carboxylic acid groups (broad SMARTS) is 1. The van der Waals surface area contributed by atoms with Gasteiger partial charge in [0.25, 0.3) is 0 Å². The minimum absolute atomic E-state index is 0.00762. The molecule has 1 aliphatic rings. The van der Waals surface area contributed by atoms with Gasteiger partial charge in [-0.05, 0) is 25.0 Å². The van der Waals surface area contributed by atoms with Crippen LogP contribution >= 0.6 is 0 Å². The number of nitrogens with one attached hydrogen (secondary N) is 1. The van der Waals surface area contributed by atoms with Gasteiger partial charge in [0.15, 0.2) is 18.5 Å². The molecular formula is C26H31N5O9. The van der Waals surface area contributed by atoms with Crippen LogP contribution < -0.4 is 5.32 Å². The Morgan fingerprint density at radius 1 is 1.12 bits per heavy atom. The second-order valence-corrected chi connectivity index (χ2v) is 9.16. The van der Waals surface area contributed by atoms with E-state index in [0.717, 1.165) is 0 Å². The number of esters is 2. The van der Waals surface area contributed by atoms with E-state index < -0.39 is 54.5 Å². The van der Waals surface area contributed by atoms with Crippen LogP contribution in [0.15, 0.2) is 30.5 Å². The molecule has 1 fully saturated rings. The number of unbranched alkanes of at least 4 members (excludes halogenated alkanes) is 1. The lowest BCUT2D eigenvalue weighted by Gasteiger charge is -2.45. The summed E-state index contributed by atoms with van der Waals surface area (Å²) < 4.78 is 24.5. The first-order valence-corrected chi connectivity index (χ1v) is 12.6. The predicted molar refractivity (Wildman–Crippen MR) is 135 cm³/mol. The van der Waals surface area contributed by atoms with E-state index >= 15 is 0 Å². The lowest BCUT2D eigenvalue weighted by Crippen LogP contribution is -2.66. The van der Waals surface area contributed by atoms with E-state index in [1.165, 1.54) is 25.5 Å². The van der Waals surface area contributed by atoms with Crippen LogP contribution in [-0.2, 0) is 44.7 Å². The van der Waals surface area contributed by atoms with Crippen LogP contribution in [0.1, 0.15) is 45.6 Å². The molecule has 214 valence electrons. The molecule has 2 heterocycles. The molecule has 1 aromatic heterocycles. The number of carbonyl (C=O) groups excluding carboxylic acids is 3. The summed E-state index contributed by atoms with van der Waals surface area (Å²) in [6.45, 7) is 3.72. The molecule has 1 aliphatic heterocycles. The normalized spacial score (nSPS) is 22.1. The van der Waals surface area contributed by atoms with Crippen molar-refractivity contribution in [3.05, 3.63) is 36.0 Å². The lowest BCUT2D eigenvalue weighted by atomic mass is 9.95. The maximum Gasteiger partial charge on any atom is 0.303 e. The largest absolute Gasteiger partial charge is 0.481 e. The van der Waals surface area contributed by atoms with Crippen LogP contribution in [0.25, 0.3) is 11.3 Å². The highest BCUT2D eigenvalue weighted by molar-refractivity contribution is 5.73. The first kappa shape index (κ1) is 30.2. The van der Waals surface area contributed by atoms with E-state index in [4.69, 9.17) is 24.1 Å². The fraction of sp³-hybridized carbons (Fsp3) is 0.500. The molecule has 40 heavy (non-hydrogen) atoms. The van der Waals surface area contributed by atoms with E-state index in [1.807, 2.05) is 0 Å². The van der Waals surface area contributed by atoms with Gasteiger partial charge in [-0.25, -0.2) is 4.68 Å². The highest BCUT2D eigenvalue weighted by Crippen LogP contribution is 2.29. The van der Waals surface area contributed by atoms with Crippen molar-refractivity contribution in [1.82, 2.24) is 20.3 Å². The van der Waals surface area contributed by atoms with Crippen molar-refractivity contribution in [2.45, 2.75) is 77.2 Å². The maximum atomic E-state index is 12.1. The minimum atomic E-state index is -1.18. The van der Waals surface area contributed by atoms with Gasteiger partial charge in [-0.1, -0.05) is 17.3 Å². The van der Waals surface area contributed by atoms with Crippen LogP contribution in [-0.4, -0.2) is 81.2 Å². The van der Waals surface area contributed by atoms with Crippen molar-refractivity contribution in [2.24, 2.45) is 0 Å². The third kappa shape index (κ3) is 8.58. The van der Waals surface area contributed by atoms with Crippen molar-refractivity contribution >= 4 is 23.8 Å². The highest BCUT2D eigenvalue weighted by atomic mass is 16.7. The topological polar surface area (TPSA) is 192 Å². The fourth-order valence-corrected chi connectivity index (χ4v) is 4.28.